The van der Waals surface area contributed by atoms with E-state index in [9.17, 15) is 15.3 Å². The van der Waals surface area contributed by atoms with Gasteiger partial charge in [0.1, 0.15) is 0 Å². The SMILES string of the molecule is CCC(CO)(CO)CO.CCCCCCCCCc1ccccc1C(C)(c1ccccc1CCCCCCCCC)C(CO)(CO)CO.OP(O)O.OP(O)O. The van der Waals surface area contributed by atoms with E-state index in [0.717, 1.165) is 36.8 Å². The average Bonchev–Trinajstić information content (AvgIpc) is 3.19. The topological polar surface area (TPSA) is 243 Å². The first-order valence-corrected chi connectivity index (χ1v) is 22.7. The van der Waals surface area contributed by atoms with Crippen molar-refractivity contribution in [2.75, 3.05) is 39.6 Å². The Labute approximate surface area is 340 Å². The number of benzene rings is 2. The molecule has 0 radical (unpaired) electrons. The van der Waals surface area contributed by atoms with Gasteiger partial charge in [0.2, 0.25) is 0 Å². The zero-order valence-corrected chi connectivity index (χ0v) is 36.4. The summed E-state index contributed by atoms with van der Waals surface area (Å²) < 4.78 is 0. The Kier molecular flexibility index (Phi) is 35.2. The van der Waals surface area contributed by atoms with Crippen molar-refractivity contribution in [3.05, 3.63) is 70.8 Å². The Morgan fingerprint density at radius 3 is 0.964 bits per heavy atom. The number of hydrogen-bond acceptors (Lipinski definition) is 12. The molecule has 0 heterocycles. The van der Waals surface area contributed by atoms with E-state index >= 15 is 0 Å². The van der Waals surface area contributed by atoms with Gasteiger partial charge in [0.15, 0.2) is 0 Å². The molecule has 0 atom stereocenters. The van der Waals surface area contributed by atoms with Gasteiger partial charge in [-0.05, 0) is 54.4 Å². The van der Waals surface area contributed by atoms with Crippen LogP contribution in [0, 0.1) is 10.8 Å². The molecule has 14 heteroatoms. The van der Waals surface area contributed by atoms with E-state index in [1.54, 1.807) is 0 Å². The van der Waals surface area contributed by atoms with Crippen molar-refractivity contribution < 1.29 is 60.0 Å². The fraction of sp³-hybridized carbons (Fsp3) is 0.714. The summed E-state index contributed by atoms with van der Waals surface area (Å²) in [6, 6.07) is 17.1. The van der Waals surface area contributed by atoms with Crippen molar-refractivity contribution >= 4 is 17.2 Å². The van der Waals surface area contributed by atoms with Gasteiger partial charge in [-0.2, -0.15) is 0 Å². The molecule has 2 aromatic carbocycles. The molecule has 0 unspecified atom stereocenters. The van der Waals surface area contributed by atoms with Crippen molar-refractivity contribution in [1.82, 2.24) is 0 Å². The molecular weight excluding hydrogens is 758 g/mol. The summed E-state index contributed by atoms with van der Waals surface area (Å²) >= 11 is 0. The number of hydrogen-bond donors (Lipinski definition) is 12. The molecular formula is C42H78O12P2. The zero-order valence-electron chi connectivity index (χ0n) is 34.6. The van der Waals surface area contributed by atoms with E-state index in [0.29, 0.717) is 6.42 Å². The molecule has 2 rings (SSSR count). The predicted molar refractivity (Wildman–Crippen MR) is 228 cm³/mol. The lowest BCUT2D eigenvalue weighted by molar-refractivity contribution is -0.0375. The molecule has 0 saturated carbocycles. The quantitative estimate of drug-likeness (QED) is 0.0370. The summed E-state index contributed by atoms with van der Waals surface area (Å²) in [7, 11) is -5.24. The minimum atomic E-state index is -2.62. The summed E-state index contributed by atoms with van der Waals surface area (Å²) in [5.74, 6) is 0. The monoisotopic (exact) mass is 836 g/mol. The normalized spacial score (nSPS) is 11.8. The summed E-state index contributed by atoms with van der Waals surface area (Å²) in [6.45, 7) is 7.16. The molecule has 0 aromatic heterocycles. The zero-order chi connectivity index (χ0) is 42.9. The van der Waals surface area contributed by atoms with Crippen molar-refractivity contribution in [1.29, 1.82) is 0 Å². The number of aliphatic hydroxyl groups is 6. The van der Waals surface area contributed by atoms with Crippen molar-refractivity contribution in [2.45, 2.75) is 142 Å². The second-order valence-corrected chi connectivity index (χ2v) is 15.9. The second kappa shape index (κ2) is 34.7. The van der Waals surface area contributed by atoms with Crippen LogP contribution in [0.4, 0.5) is 0 Å². The third-order valence-electron chi connectivity index (χ3n) is 10.9. The highest BCUT2D eigenvalue weighted by molar-refractivity contribution is 7.38. The standard InChI is InChI=1S/C36H58O3.C6H14O3.2H3O3P/c1-4-6-8-10-12-14-16-22-31-24-18-20-26-33(31)35(3,36(28-37,29-38)30-39)34-27-21-19-25-32(34)23-17-15-13-11-9-7-5-2;1-2-6(3-7,4-8)5-9;2*1-4(2)3/h18-21,24-27,37-39H,4-17,22-23,28-30H2,1-3H3;7-9H,2-5H2,1H3;2*1-3H. The van der Waals surface area contributed by atoms with Crippen molar-refractivity contribution in [3.8, 4) is 0 Å². The first kappa shape index (κ1) is 56.9. The second-order valence-electron chi connectivity index (χ2n) is 14.8. The predicted octanol–water partition coefficient (Wildman–Crippen LogP) is 6.28. The number of aryl methyl sites for hydroxylation is 2. The Morgan fingerprint density at radius 2 is 0.714 bits per heavy atom. The molecule has 12 N–H and O–H groups in total. The lowest BCUT2D eigenvalue weighted by Crippen LogP contribution is -2.53. The van der Waals surface area contributed by atoms with Gasteiger partial charge in [-0.25, -0.2) is 0 Å². The Morgan fingerprint density at radius 1 is 0.429 bits per heavy atom. The fourth-order valence-corrected chi connectivity index (χ4v) is 6.82. The van der Waals surface area contributed by atoms with E-state index in [4.69, 9.17) is 44.7 Å². The van der Waals surface area contributed by atoms with Gasteiger partial charge in [-0.1, -0.05) is 153 Å². The molecule has 0 aliphatic carbocycles. The van der Waals surface area contributed by atoms with E-state index in [1.165, 1.54) is 88.2 Å². The molecule has 0 aliphatic rings. The van der Waals surface area contributed by atoms with Crippen LogP contribution in [0.2, 0.25) is 0 Å². The van der Waals surface area contributed by atoms with Crippen LogP contribution in [0.25, 0.3) is 0 Å². The van der Waals surface area contributed by atoms with Crippen LogP contribution in [0.1, 0.15) is 146 Å². The lowest BCUT2D eigenvalue weighted by atomic mass is 9.56. The Balaban J connectivity index is 0. The Hall–Kier alpha value is -1.18. The highest BCUT2D eigenvalue weighted by atomic mass is 31.2. The fourth-order valence-electron chi connectivity index (χ4n) is 6.82. The van der Waals surface area contributed by atoms with Crippen LogP contribution in [-0.4, -0.2) is 99.6 Å². The van der Waals surface area contributed by atoms with Gasteiger partial charge in [-0.3, -0.25) is 0 Å². The first-order valence-electron chi connectivity index (χ1n) is 20.3. The third-order valence-corrected chi connectivity index (χ3v) is 10.9. The van der Waals surface area contributed by atoms with Crippen LogP contribution in [-0.2, 0) is 18.3 Å². The van der Waals surface area contributed by atoms with Crippen molar-refractivity contribution in [2.24, 2.45) is 10.8 Å². The molecule has 12 nitrogen and oxygen atoms in total. The molecule has 0 fully saturated rings. The van der Waals surface area contributed by atoms with Gasteiger partial charge in [0.05, 0.1) is 45.1 Å². The summed E-state index contributed by atoms with van der Waals surface area (Å²) in [4.78, 5) is 43.4. The van der Waals surface area contributed by atoms with Crippen LogP contribution in [0.3, 0.4) is 0 Å². The maximum Gasteiger partial charge on any atom is 0.324 e. The molecule has 0 aliphatic heterocycles. The Bertz CT molecular complexity index is 1080. The van der Waals surface area contributed by atoms with E-state index in [-0.39, 0.29) is 39.6 Å². The smallest absolute Gasteiger partial charge is 0.324 e. The van der Waals surface area contributed by atoms with E-state index in [2.05, 4.69) is 69.3 Å². The average molecular weight is 837 g/mol. The largest absolute Gasteiger partial charge is 0.396 e. The molecule has 2 aromatic rings. The van der Waals surface area contributed by atoms with Gasteiger partial charge in [0.25, 0.3) is 0 Å². The van der Waals surface area contributed by atoms with Gasteiger partial charge in [-0.15, -0.1) is 0 Å². The third kappa shape index (κ3) is 21.7. The van der Waals surface area contributed by atoms with Crippen molar-refractivity contribution in [3.63, 3.8) is 0 Å². The minimum absolute atomic E-state index is 0.156. The number of rotatable bonds is 26. The molecule has 0 bridgehead atoms. The van der Waals surface area contributed by atoms with Crippen LogP contribution in [0.5, 0.6) is 0 Å². The van der Waals surface area contributed by atoms with Gasteiger partial charge < -0.3 is 60.0 Å². The number of unbranched alkanes of at least 4 members (excludes halogenated alkanes) is 12. The van der Waals surface area contributed by atoms with Crippen LogP contribution < -0.4 is 0 Å². The molecule has 0 spiro atoms. The summed E-state index contributed by atoms with van der Waals surface area (Å²) in [5.41, 5.74) is 2.29. The molecule has 0 amide bonds. The number of aliphatic hydroxyl groups excluding tert-OH is 6. The van der Waals surface area contributed by atoms with Gasteiger partial charge >= 0.3 is 17.2 Å². The van der Waals surface area contributed by atoms with Gasteiger partial charge in [0, 0.05) is 10.8 Å². The lowest BCUT2D eigenvalue weighted by Gasteiger charge is -2.48. The highest BCUT2D eigenvalue weighted by Crippen LogP contribution is 2.49. The maximum atomic E-state index is 10.7. The molecule has 0 saturated heterocycles. The first-order chi connectivity index (χ1) is 26.7. The summed E-state index contributed by atoms with van der Waals surface area (Å²) in [5, 5.41) is 58.2. The highest BCUT2D eigenvalue weighted by Gasteiger charge is 2.51. The molecule has 56 heavy (non-hydrogen) atoms. The molecule has 328 valence electrons. The van der Waals surface area contributed by atoms with E-state index < -0.39 is 33.4 Å². The maximum absolute atomic E-state index is 10.7. The van der Waals surface area contributed by atoms with Crippen LogP contribution in [0.15, 0.2) is 48.5 Å². The minimum Gasteiger partial charge on any atom is -0.396 e. The summed E-state index contributed by atoms with van der Waals surface area (Å²) in [6.07, 6.45) is 20.2. The van der Waals surface area contributed by atoms with E-state index in [1.807, 2.05) is 6.92 Å². The van der Waals surface area contributed by atoms with Crippen LogP contribution >= 0.6 is 17.2 Å².